The Hall–Kier alpha value is -1.69. The first-order valence-corrected chi connectivity index (χ1v) is 5.14. The molecule has 6 heteroatoms. The molecule has 0 saturated heterocycles. The summed E-state index contributed by atoms with van der Waals surface area (Å²) >= 11 is 0. The molecule has 0 saturated carbocycles. The molecule has 2 heterocycles. The van der Waals surface area contributed by atoms with E-state index >= 15 is 0 Å². The summed E-state index contributed by atoms with van der Waals surface area (Å²) in [6.45, 7) is 4.20. The summed E-state index contributed by atoms with van der Waals surface area (Å²) < 4.78 is 1.66. The zero-order valence-electron chi connectivity index (χ0n) is 9.62. The molecule has 0 bridgehead atoms. The van der Waals surface area contributed by atoms with Crippen molar-refractivity contribution in [3.63, 3.8) is 0 Å². The van der Waals surface area contributed by atoms with Crippen LogP contribution in [0.25, 0.3) is 5.78 Å². The maximum absolute atomic E-state index is 9.37. The molecule has 1 unspecified atom stereocenters. The number of anilines is 1. The first kappa shape index (κ1) is 10.8. The minimum absolute atomic E-state index is 0.392. The van der Waals surface area contributed by atoms with E-state index in [0.29, 0.717) is 12.3 Å². The minimum Gasteiger partial charge on any atom is -0.392 e. The first-order chi connectivity index (χ1) is 7.58. The molecule has 6 nitrogen and oxygen atoms in total. The van der Waals surface area contributed by atoms with Gasteiger partial charge in [0.1, 0.15) is 12.1 Å². The van der Waals surface area contributed by atoms with Gasteiger partial charge in [-0.15, -0.1) is 0 Å². The number of hydrogen-bond donors (Lipinski definition) is 1. The molecule has 0 radical (unpaired) electrons. The van der Waals surface area contributed by atoms with Crippen molar-refractivity contribution in [2.75, 3.05) is 18.5 Å². The second-order valence-corrected chi connectivity index (χ2v) is 3.96. The predicted octanol–water partition coefficient (Wildman–Crippen LogP) is 0.250. The summed E-state index contributed by atoms with van der Waals surface area (Å²) in [6.07, 6.45) is 1.08. The van der Waals surface area contributed by atoms with Gasteiger partial charge >= 0.3 is 0 Å². The second-order valence-electron chi connectivity index (χ2n) is 3.96. The highest BCUT2D eigenvalue weighted by Crippen LogP contribution is 2.14. The standard InChI is InChI=1S/C10H15N5O/c1-7-4-9(14(3)5-8(2)16)15-10(13-7)11-6-12-15/h4,6,8,16H,5H2,1-3H3. The molecule has 0 amide bonds. The van der Waals surface area contributed by atoms with Crippen molar-refractivity contribution in [3.8, 4) is 0 Å². The van der Waals surface area contributed by atoms with Crippen LogP contribution in [-0.4, -0.2) is 44.4 Å². The van der Waals surface area contributed by atoms with Gasteiger partial charge in [0, 0.05) is 25.4 Å². The van der Waals surface area contributed by atoms with Gasteiger partial charge in [0.25, 0.3) is 5.78 Å². The summed E-state index contributed by atoms with van der Waals surface area (Å²) in [5, 5.41) is 13.5. The highest BCUT2D eigenvalue weighted by atomic mass is 16.3. The van der Waals surface area contributed by atoms with Crippen molar-refractivity contribution >= 4 is 11.6 Å². The van der Waals surface area contributed by atoms with Crippen molar-refractivity contribution in [2.24, 2.45) is 0 Å². The summed E-state index contributed by atoms with van der Waals surface area (Å²) in [6, 6.07) is 1.92. The van der Waals surface area contributed by atoms with Crippen molar-refractivity contribution in [1.82, 2.24) is 19.6 Å². The highest BCUT2D eigenvalue weighted by molar-refractivity contribution is 5.46. The molecule has 0 spiro atoms. The van der Waals surface area contributed by atoms with Crippen LogP contribution in [0, 0.1) is 6.92 Å². The van der Waals surface area contributed by atoms with Crippen LogP contribution in [-0.2, 0) is 0 Å². The molecule has 0 aliphatic carbocycles. The second kappa shape index (κ2) is 4.05. The average Bonchev–Trinajstić information content (AvgIpc) is 2.62. The Bertz CT molecular complexity index is 493. The number of nitrogens with zero attached hydrogens (tertiary/aromatic N) is 5. The molecular formula is C10H15N5O. The van der Waals surface area contributed by atoms with Gasteiger partial charge in [0.15, 0.2) is 0 Å². The van der Waals surface area contributed by atoms with Gasteiger partial charge in [-0.05, 0) is 13.8 Å². The fourth-order valence-electron chi connectivity index (χ4n) is 1.67. The molecule has 0 aliphatic heterocycles. The largest absolute Gasteiger partial charge is 0.392 e. The summed E-state index contributed by atoms with van der Waals surface area (Å²) in [7, 11) is 1.91. The number of rotatable bonds is 3. The zero-order chi connectivity index (χ0) is 11.7. The first-order valence-electron chi connectivity index (χ1n) is 5.14. The van der Waals surface area contributed by atoms with Gasteiger partial charge in [-0.1, -0.05) is 0 Å². The van der Waals surface area contributed by atoms with Crippen LogP contribution in [0.2, 0.25) is 0 Å². The van der Waals surface area contributed by atoms with Gasteiger partial charge in [-0.3, -0.25) is 0 Å². The molecule has 1 atom stereocenters. The van der Waals surface area contributed by atoms with Gasteiger partial charge < -0.3 is 10.0 Å². The van der Waals surface area contributed by atoms with Crippen LogP contribution < -0.4 is 4.90 Å². The minimum atomic E-state index is -0.392. The number of hydrogen-bond acceptors (Lipinski definition) is 5. The lowest BCUT2D eigenvalue weighted by atomic mass is 10.3. The van der Waals surface area contributed by atoms with E-state index in [0.717, 1.165) is 11.5 Å². The average molecular weight is 221 g/mol. The Morgan fingerprint density at radius 1 is 1.56 bits per heavy atom. The zero-order valence-corrected chi connectivity index (χ0v) is 9.62. The monoisotopic (exact) mass is 221 g/mol. The lowest BCUT2D eigenvalue weighted by molar-refractivity contribution is 0.201. The van der Waals surface area contributed by atoms with E-state index in [-0.39, 0.29) is 0 Å². The van der Waals surface area contributed by atoms with Crippen LogP contribution in [0.1, 0.15) is 12.6 Å². The summed E-state index contributed by atoms with van der Waals surface area (Å²) in [4.78, 5) is 10.2. The van der Waals surface area contributed by atoms with Crippen LogP contribution in [0.5, 0.6) is 0 Å². The maximum Gasteiger partial charge on any atom is 0.254 e. The van der Waals surface area contributed by atoms with Crippen LogP contribution >= 0.6 is 0 Å². The van der Waals surface area contributed by atoms with Crippen molar-refractivity contribution < 1.29 is 5.11 Å². The van der Waals surface area contributed by atoms with Crippen LogP contribution in [0.4, 0.5) is 5.82 Å². The Kier molecular flexibility index (Phi) is 2.74. The fraction of sp³-hybridized carbons (Fsp3) is 0.500. The molecular weight excluding hydrogens is 206 g/mol. The van der Waals surface area contributed by atoms with E-state index in [1.165, 1.54) is 6.33 Å². The lowest BCUT2D eigenvalue weighted by Gasteiger charge is -2.21. The molecule has 0 aliphatic rings. The third kappa shape index (κ3) is 1.96. The molecule has 16 heavy (non-hydrogen) atoms. The van der Waals surface area contributed by atoms with Gasteiger partial charge in [0.2, 0.25) is 0 Å². The number of fused-ring (bicyclic) bond motifs is 1. The van der Waals surface area contributed by atoms with E-state index in [2.05, 4.69) is 15.1 Å². The van der Waals surface area contributed by atoms with E-state index < -0.39 is 6.10 Å². The Balaban J connectivity index is 2.45. The summed E-state index contributed by atoms with van der Waals surface area (Å²) in [5.41, 5.74) is 0.882. The maximum atomic E-state index is 9.37. The summed E-state index contributed by atoms with van der Waals surface area (Å²) in [5.74, 6) is 1.45. The molecule has 0 fully saturated rings. The molecule has 86 valence electrons. The topological polar surface area (TPSA) is 66.5 Å². The normalized spacial score (nSPS) is 13.0. The van der Waals surface area contributed by atoms with E-state index in [4.69, 9.17) is 0 Å². The number of aliphatic hydroxyl groups is 1. The van der Waals surface area contributed by atoms with Gasteiger partial charge in [0.05, 0.1) is 6.10 Å². The molecule has 2 rings (SSSR count). The number of likely N-dealkylation sites (N-methyl/N-ethyl adjacent to an activating group) is 1. The van der Waals surface area contributed by atoms with Crippen molar-refractivity contribution in [2.45, 2.75) is 20.0 Å². The van der Waals surface area contributed by atoms with E-state index in [9.17, 15) is 5.11 Å². The van der Waals surface area contributed by atoms with Crippen molar-refractivity contribution in [3.05, 3.63) is 18.1 Å². The molecule has 1 N–H and O–H groups in total. The van der Waals surface area contributed by atoms with Crippen LogP contribution in [0.3, 0.4) is 0 Å². The number of aliphatic hydroxyl groups excluding tert-OH is 1. The Labute approximate surface area is 93.6 Å². The number of aryl methyl sites for hydroxylation is 1. The molecule has 2 aromatic rings. The van der Waals surface area contributed by atoms with Gasteiger partial charge in [-0.2, -0.15) is 14.6 Å². The third-order valence-electron chi connectivity index (χ3n) is 2.29. The molecule has 2 aromatic heterocycles. The van der Waals surface area contributed by atoms with Crippen LogP contribution in [0.15, 0.2) is 12.4 Å². The number of aromatic nitrogens is 4. The lowest BCUT2D eigenvalue weighted by Crippen LogP contribution is -2.28. The fourth-order valence-corrected chi connectivity index (χ4v) is 1.67. The third-order valence-corrected chi connectivity index (χ3v) is 2.29. The highest BCUT2D eigenvalue weighted by Gasteiger charge is 2.11. The van der Waals surface area contributed by atoms with E-state index in [1.54, 1.807) is 11.4 Å². The smallest absolute Gasteiger partial charge is 0.254 e. The molecule has 0 aromatic carbocycles. The quantitative estimate of drug-likeness (QED) is 0.804. The Morgan fingerprint density at radius 2 is 2.31 bits per heavy atom. The SMILES string of the molecule is Cc1cc(N(C)CC(C)O)n2ncnc2n1. The predicted molar refractivity (Wildman–Crippen MR) is 60.5 cm³/mol. The Morgan fingerprint density at radius 3 is 3.00 bits per heavy atom. The van der Waals surface area contributed by atoms with Gasteiger partial charge in [-0.25, -0.2) is 4.98 Å². The van der Waals surface area contributed by atoms with E-state index in [1.807, 2.05) is 24.9 Å². The van der Waals surface area contributed by atoms with Crippen molar-refractivity contribution in [1.29, 1.82) is 0 Å².